The van der Waals surface area contributed by atoms with E-state index >= 15 is 0 Å². The van der Waals surface area contributed by atoms with E-state index in [1.165, 1.54) is 6.08 Å². The number of nitrogens with zero attached hydrogens (tertiary/aromatic N) is 3. The fourth-order valence-electron chi connectivity index (χ4n) is 2.54. The first-order chi connectivity index (χ1) is 12.1. The van der Waals surface area contributed by atoms with Crippen LogP contribution < -0.4 is 0 Å². The number of benzene rings is 1. The molecular weight excluding hydrogens is 314 g/mol. The van der Waals surface area contributed by atoms with E-state index < -0.39 is 5.97 Å². The Morgan fingerprint density at radius 2 is 1.88 bits per heavy atom. The van der Waals surface area contributed by atoms with E-state index in [0.717, 1.165) is 22.6 Å². The van der Waals surface area contributed by atoms with Crippen LogP contribution >= 0.6 is 0 Å². The number of hydrogen-bond donors (Lipinski definition) is 0. The maximum absolute atomic E-state index is 11.9. The Morgan fingerprint density at radius 1 is 1.12 bits per heavy atom. The molecule has 0 aliphatic rings. The van der Waals surface area contributed by atoms with Crippen molar-refractivity contribution in [2.45, 2.75) is 20.5 Å². The van der Waals surface area contributed by atoms with Gasteiger partial charge in [0, 0.05) is 23.5 Å². The maximum atomic E-state index is 11.9. The van der Waals surface area contributed by atoms with E-state index in [1.807, 2.05) is 67.1 Å². The first-order valence-electron chi connectivity index (χ1n) is 8.01. The molecule has 0 N–H and O–H groups in total. The Morgan fingerprint density at radius 3 is 2.60 bits per heavy atom. The molecule has 0 unspecified atom stereocenters. The van der Waals surface area contributed by atoms with Gasteiger partial charge in [-0.25, -0.2) is 9.48 Å². The van der Waals surface area contributed by atoms with Crippen LogP contribution in [0.1, 0.15) is 22.6 Å². The van der Waals surface area contributed by atoms with Crippen molar-refractivity contribution in [3.05, 3.63) is 83.4 Å². The van der Waals surface area contributed by atoms with Crippen LogP contribution in [0.3, 0.4) is 0 Å². The Hall–Kier alpha value is -3.21. The minimum absolute atomic E-state index is 0.158. The van der Waals surface area contributed by atoms with Gasteiger partial charge in [-0.3, -0.25) is 4.98 Å². The van der Waals surface area contributed by atoms with E-state index in [2.05, 4.69) is 10.1 Å². The smallest absolute Gasteiger partial charge is 0.331 e. The molecule has 25 heavy (non-hydrogen) atoms. The van der Waals surface area contributed by atoms with Crippen molar-refractivity contribution in [2.75, 3.05) is 0 Å². The van der Waals surface area contributed by atoms with Crippen molar-refractivity contribution in [1.29, 1.82) is 0 Å². The second-order valence-electron chi connectivity index (χ2n) is 5.59. The van der Waals surface area contributed by atoms with Crippen LogP contribution in [0.25, 0.3) is 11.8 Å². The minimum atomic E-state index is -0.406. The molecule has 0 atom stereocenters. The van der Waals surface area contributed by atoms with Crippen LogP contribution in [0, 0.1) is 13.8 Å². The third-order valence-electron chi connectivity index (χ3n) is 3.82. The Labute approximate surface area is 146 Å². The number of pyridine rings is 1. The molecule has 0 amide bonds. The van der Waals surface area contributed by atoms with Crippen LogP contribution in [-0.4, -0.2) is 20.7 Å². The minimum Gasteiger partial charge on any atom is -0.456 e. The second kappa shape index (κ2) is 7.57. The lowest BCUT2D eigenvalue weighted by molar-refractivity contribution is -0.139. The average Bonchev–Trinajstić information content (AvgIpc) is 2.94. The van der Waals surface area contributed by atoms with Crippen molar-refractivity contribution < 1.29 is 9.53 Å². The molecule has 0 saturated heterocycles. The second-order valence-corrected chi connectivity index (χ2v) is 5.59. The van der Waals surface area contributed by atoms with Gasteiger partial charge in [0.2, 0.25) is 0 Å². The molecule has 3 rings (SSSR count). The standard InChI is InChI=1S/C20H19N3O2/c1-15-19(16(2)23(22-15)18-9-4-3-5-10-18)11-12-20(24)25-14-17-8-6-7-13-21-17/h3-13H,14H2,1-2H3/b12-11+. The summed E-state index contributed by atoms with van der Waals surface area (Å²) in [5, 5.41) is 4.56. The molecule has 126 valence electrons. The van der Waals surface area contributed by atoms with E-state index in [4.69, 9.17) is 4.74 Å². The molecule has 0 bridgehead atoms. The molecule has 0 fully saturated rings. The number of rotatable bonds is 5. The van der Waals surface area contributed by atoms with Gasteiger partial charge < -0.3 is 4.74 Å². The molecule has 0 spiro atoms. The summed E-state index contributed by atoms with van der Waals surface area (Å²) in [6.07, 6.45) is 4.84. The molecular formula is C20H19N3O2. The van der Waals surface area contributed by atoms with Gasteiger partial charge in [0.05, 0.1) is 17.1 Å². The van der Waals surface area contributed by atoms with Crippen molar-refractivity contribution in [2.24, 2.45) is 0 Å². The quantitative estimate of drug-likeness (QED) is 0.528. The number of carbonyl (C=O) groups excluding carboxylic acids is 1. The highest BCUT2D eigenvalue weighted by molar-refractivity contribution is 5.87. The van der Waals surface area contributed by atoms with Gasteiger partial charge in [0.1, 0.15) is 6.61 Å². The zero-order valence-corrected chi connectivity index (χ0v) is 14.2. The first-order valence-corrected chi connectivity index (χ1v) is 8.01. The third-order valence-corrected chi connectivity index (χ3v) is 3.82. The molecule has 1 aromatic carbocycles. The summed E-state index contributed by atoms with van der Waals surface area (Å²) in [6, 6.07) is 15.4. The fourth-order valence-corrected chi connectivity index (χ4v) is 2.54. The lowest BCUT2D eigenvalue weighted by Gasteiger charge is -2.03. The topological polar surface area (TPSA) is 57.0 Å². The summed E-state index contributed by atoms with van der Waals surface area (Å²) in [7, 11) is 0. The van der Waals surface area contributed by atoms with Crippen molar-refractivity contribution in [3.8, 4) is 5.69 Å². The zero-order valence-electron chi connectivity index (χ0n) is 14.2. The van der Waals surface area contributed by atoms with Crippen molar-refractivity contribution in [3.63, 3.8) is 0 Å². The Balaban J connectivity index is 1.71. The van der Waals surface area contributed by atoms with Crippen LogP contribution in [0.2, 0.25) is 0 Å². The lowest BCUT2D eigenvalue weighted by atomic mass is 10.2. The number of hydrogen-bond acceptors (Lipinski definition) is 4. The molecule has 0 aliphatic heterocycles. The van der Waals surface area contributed by atoms with Crippen molar-refractivity contribution >= 4 is 12.0 Å². The van der Waals surface area contributed by atoms with Gasteiger partial charge >= 0.3 is 5.97 Å². The Kier molecular flexibility index (Phi) is 5.04. The summed E-state index contributed by atoms with van der Waals surface area (Å²) in [5.74, 6) is -0.406. The third kappa shape index (κ3) is 4.01. The van der Waals surface area contributed by atoms with E-state index in [1.54, 1.807) is 12.3 Å². The molecule has 3 aromatic rings. The van der Waals surface area contributed by atoms with Crippen molar-refractivity contribution in [1.82, 2.24) is 14.8 Å². The monoisotopic (exact) mass is 333 g/mol. The van der Waals surface area contributed by atoms with Gasteiger partial charge in [-0.15, -0.1) is 0 Å². The summed E-state index contributed by atoms with van der Waals surface area (Å²) in [4.78, 5) is 16.0. The highest BCUT2D eigenvalue weighted by Crippen LogP contribution is 2.19. The maximum Gasteiger partial charge on any atom is 0.331 e. The predicted molar refractivity (Wildman–Crippen MR) is 96.1 cm³/mol. The van der Waals surface area contributed by atoms with Gasteiger partial charge in [-0.05, 0) is 44.2 Å². The molecule has 2 heterocycles. The highest BCUT2D eigenvalue weighted by atomic mass is 16.5. The summed E-state index contributed by atoms with van der Waals surface area (Å²) in [5.41, 5.74) is 4.44. The largest absolute Gasteiger partial charge is 0.456 e. The molecule has 0 saturated carbocycles. The zero-order chi connectivity index (χ0) is 17.6. The predicted octanol–water partition coefficient (Wildman–Crippen LogP) is 3.64. The van der Waals surface area contributed by atoms with Crippen LogP contribution in [0.4, 0.5) is 0 Å². The molecule has 5 nitrogen and oxygen atoms in total. The molecule has 0 radical (unpaired) electrons. The number of aryl methyl sites for hydroxylation is 1. The molecule has 0 aliphatic carbocycles. The summed E-state index contributed by atoms with van der Waals surface area (Å²) < 4.78 is 7.07. The fraction of sp³-hybridized carbons (Fsp3) is 0.150. The van der Waals surface area contributed by atoms with Gasteiger partial charge in [-0.2, -0.15) is 5.10 Å². The van der Waals surface area contributed by atoms with Gasteiger partial charge in [0.15, 0.2) is 0 Å². The first kappa shape index (κ1) is 16.6. The Bertz CT molecular complexity index is 884. The van der Waals surface area contributed by atoms with Gasteiger partial charge in [0.25, 0.3) is 0 Å². The number of para-hydroxylation sites is 1. The number of esters is 1. The van der Waals surface area contributed by atoms with Gasteiger partial charge in [-0.1, -0.05) is 24.3 Å². The lowest BCUT2D eigenvalue weighted by Crippen LogP contribution is -2.02. The summed E-state index contributed by atoms with van der Waals surface area (Å²) in [6.45, 7) is 4.06. The normalized spacial score (nSPS) is 11.0. The van der Waals surface area contributed by atoms with Crippen LogP contribution in [0.15, 0.2) is 60.8 Å². The number of aromatic nitrogens is 3. The number of ether oxygens (including phenoxy) is 1. The molecule has 5 heteroatoms. The van der Waals surface area contributed by atoms with E-state index in [0.29, 0.717) is 5.69 Å². The van der Waals surface area contributed by atoms with E-state index in [-0.39, 0.29) is 6.61 Å². The number of carbonyl (C=O) groups is 1. The van der Waals surface area contributed by atoms with E-state index in [9.17, 15) is 4.79 Å². The summed E-state index contributed by atoms with van der Waals surface area (Å²) >= 11 is 0. The highest BCUT2D eigenvalue weighted by Gasteiger charge is 2.11. The van der Waals surface area contributed by atoms with Crippen LogP contribution in [0.5, 0.6) is 0 Å². The SMILES string of the molecule is Cc1nn(-c2ccccc2)c(C)c1/C=C/C(=O)OCc1ccccn1. The average molecular weight is 333 g/mol. The molecule has 2 aromatic heterocycles. The van der Waals surface area contributed by atoms with Crippen LogP contribution in [-0.2, 0) is 16.1 Å².